The van der Waals surface area contributed by atoms with Crippen LogP contribution in [-0.4, -0.2) is 18.1 Å². The monoisotopic (exact) mass is 179 g/mol. The summed E-state index contributed by atoms with van der Waals surface area (Å²) in [7, 11) is 0. The van der Waals surface area contributed by atoms with E-state index in [4.69, 9.17) is 0 Å². The minimum Gasteiger partial charge on any atom is -0.370 e. The van der Waals surface area contributed by atoms with Crippen molar-refractivity contribution in [3.63, 3.8) is 0 Å². The Morgan fingerprint density at radius 1 is 1.15 bits per heavy atom. The van der Waals surface area contributed by atoms with Gasteiger partial charge in [0, 0.05) is 13.1 Å². The van der Waals surface area contributed by atoms with Crippen molar-refractivity contribution in [2.45, 2.75) is 20.8 Å². The van der Waals surface area contributed by atoms with Gasteiger partial charge in [-0.15, -0.1) is 0 Å². The van der Waals surface area contributed by atoms with Crippen molar-refractivity contribution >= 4 is 11.6 Å². The number of rotatable bonds is 4. The van der Waals surface area contributed by atoms with Crippen molar-refractivity contribution in [3.8, 4) is 0 Å². The molecule has 1 aromatic heterocycles. The molecule has 0 unspecified atom stereocenters. The summed E-state index contributed by atoms with van der Waals surface area (Å²) in [5, 5.41) is 6.41. The summed E-state index contributed by atoms with van der Waals surface area (Å²) in [6.07, 6.45) is 0. The Morgan fingerprint density at radius 3 is 2.46 bits per heavy atom. The molecule has 0 spiro atoms. The van der Waals surface area contributed by atoms with E-state index in [1.807, 2.05) is 6.07 Å². The molecular weight excluding hydrogens is 162 g/mol. The molecule has 0 radical (unpaired) electrons. The molecule has 0 aliphatic carbocycles. The zero-order valence-electron chi connectivity index (χ0n) is 8.52. The fourth-order valence-corrected chi connectivity index (χ4v) is 1.15. The number of hydrogen-bond donors (Lipinski definition) is 2. The number of anilines is 2. The van der Waals surface area contributed by atoms with Gasteiger partial charge in [0.15, 0.2) is 0 Å². The molecule has 0 aliphatic heterocycles. The summed E-state index contributed by atoms with van der Waals surface area (Å²) in [5.41, 5.74) is 1.18. The Kier molecular flexibility index (Phi) is 3.55. The van der Waals surface area contributed by atoms with Gasteiger partial charge in [-0.05, 0) is 32.4 Å². The Bertz CT molecular complexity index is 271. The van der Waals surface area contributed by atoms with Gasteiger partial charge >= 0.3 is 0 Å². The molecule has 1 aromatic rings. The van der Waals surface area contributed by atoms with E-state index < -0.39 is 0 Å². The van der Waals surface area contributed by atoms with Gasteiger partial charge in [-0.25, -0.2) is 4.98 Å². The molecule has 1 rings (SSSR count). The molecule has 0 saturated heterocycles. The molecule has 0 bridgehead atoms. The molecule has 13 heavy (non-hydrogen) atoms. The number of hydrogen-bond acceptors (Lipinski definition) is 3. The second-order valence-electron chi connectivity index (χ2n) is 2.92. The maximum absolute atomic E-state index is 4.43. The van der Waals surface area contributed by atoms with E-state index in [9.17, 15) is 0 Å². The van der Waals surface area contributed by atoms with Crippen LogP contribution >= 0.6 is 0 Å². The lowest BCUT2D eigenvalue weighted by Crippen LogP contribution is -2.05. The molecular formula is C10H17N3. The molecule has 0 fully saturated rings. The van der Waals surface area contributed by atoms with Crippen LogP contribution in [0.4, 0.5) is 11.6 Å². The van der Waals surface area contributed by atoms with Gasteiger partial charge in [-0.2, -0.15) is 0 Å². The Morgan fingerprint density at radius 2 is 1.85 bits per heavy atom. The predicted octanol–water partition coefficient (Wildman–Crippen LogP) is 2.25. The largest absolute Gasteiger partial charge is 0.370 e. The SMILES string of the molecule is CCNc1ccc(C)c(NCC)n1. The number of pyridine rings is 1. The second-order valence-corrected chi connectivity index (χ2v) is 2.92. The number of nitrogens with zero attached hydrogens (tertiary/aromatic N) is 1. The minimum atomic E-state index is 0.904. The zero-order chi connectivity index (χ0) is 9.68. The lowest BCUT2D eigenvalue weighted by molar-refractivity contribution is 1.11. The molecule has 0 atom stereocenters. The summed E-state index contributed by atoms with van der Waals surface area (Å²) in [6.45, 7) is 8.00. The summed E-state index contributed by atoms with van der Waals surface area (Å²) >= 11 is 0. The normalized spacial score (nSPS) is 9.77. The van der Waals surface area contributed by atoms with E-state index in [2.05, 4.69) is 42.5 Å². The predicted molar refractivity (Wildman–Crippen MR) is 57.3 cm³/mol. The first kappa shape index (κ1) is 9.84. The Labute approximate surface area is 79.6 Å². The lowest BCUT2D eigenvalue weighted by Gasteiger charge is -2.08. The van der Waals surface area contributed by atoms with Crippen molar-refractivity contribution in [1.82, 2.24) is 4.98 Å². The third-order valence-electron chi connectivity index (χ3n) is 1.80. The van der Waals surface area contributed by atoms with Crippen LogP contribution in [0, 0.1) is 6.92 Å². The van der Waals surface area contributed by atoms with Crippen LogP contribution in [-0.2, 0) is 0 Å². The molecule has 3 nitrogen and oxygen atoms in total. The maximum Gasteiger partial charge on any atom is 0.131 e. The topological polar surface area (TPSA) is 37.0 Å². The van der Waals surface area contributed by atoms with Crippen molar-refractivity contribution in [3.05, 3.63) is 17.7 Å². The third kappa shape index (κ3) is 2.61. The lowest BCUT2D eigenvalue weighted by atomic mass is 10.3. The first-order valence-corrected chi connectivity index (χ1v) is 4.73. The minimum absolute atomic E-state index is 0.904. The van der Waals surface area contributed by atoms with Crippen molar-refractivity contribution in [2.24, 2.45) is 0 Å². The van der Waals surface area contributed by atoms with Crippen molar-refractivity contribution in [1.29, 1.82) is 0 Å². The number of aromatic nitrogens is 1. The van der Waals surface area contributed by atoms with Gasteiger partial charge in [0.05, 0.1) is 0 Å². The molecule has 72 valence electrons. The molecule has 2 N–H and O–H groups in total. The summed E-state index contributed by atoms with van der Waals surface area (Å²) in [4.78, 5) is 4.43. The summed E-state index contributed by atoms with van der Waals surface area (Å²) in [5.74, 6) is 1.91. The van der Waals surface area contributed by atoms with Crippen LogP contribution in [0.5, 0.6) is 0 Å². The molecule has 0 saturated carbocycles. The highest BCUT2D eigenvalue weighted by Crippen LogP contribution is 2.14. The van der Waals surface area contributed by atoms with Gasteiger partial charge in [-0.1, -0.05) is 6.07 Å². The van der Waals surface area contributed by atoms with Gasteiger partial charge in [0.2, 0.25) is 0 Å². The second kappa shape index (κ2) is 4.70. The van der Waals surface area contributed by atoms with E-state index in [-0.39, 0.29) is 0 Å². The maximum atomic E-state index is 4.43. The van der Waals surface area contributed by atoms with E-state index >= 15 is 0 Å². The van der Waals surface area contributed by atoms with Gasteiger partial charge in [0.1, 0.15) is 11.6 Å². The molecule has 1 heterocycles. The molecule has 3 heteroatoms. The molecule has 0 aliphatic rings. The fraction of sp³-hybridized carbons (Fsp3) is 0.500. The van der Waals surface area contributed by atoms with Crippen LogP contribution in [0.3, 0.4) is 0 Å². The van der Waals surface area contributed by atoms with E-state index in [1.165, 1.54) is 5.56 Å². The zero-order valence-corrected chi connectivity index (χ0v) is 8.52. The standard InChI is InChI=1S/C10H17N3/c1-4-11-9-7-6-8(3)10(13-9)12-5-2/h6-7H,4-5H2,1-3H3,(H2,11,12,13). The Hall–Kier alpha value is -1.25. The van der Waals surface area contributed by atoms with Gasteiger partial charge < -0.3 is 10.6 Å². The van der Waals surface area contributed by atoms with Gasteiger partial charge in [-0.3, -0.25) is 0 Å². The van der Waals surface area contributed by atoms with Crippen LogP contribution in [0.25, 0.3) is 0 Å². The highest BCUT2D eigenvalue weighted by molar-refractivity contribution is 5.50. The highest BCUT2D eigenvalue weighted by Gasteiger charge is 1.99. The van der Waals surface area contributed by atoms with Crippen molar-refractivity contribution in [2.75, 3.05) is 23.7 Å². The first-order chi connectivity index (χ1) is 6.27. The average Bonchev–Trinajstić information content (AvgIpc) is 2.12. The van der Waals surface area contributed by atoms with E-state index in [0.29, 0.717) is 0 Å². The highest BCUT2D eigenvalue weighted by atomic mass is 15.1. The van der Waals surface area contributed by atoms with Crippen LogP contribution in [0.15, 0.2) is 12.1 Å². The molecule has 0 amide bonds. The number of aryl methyl sites for hydroxylation is 1. The van der Waals surface area contributed by atoms with E-state index in [1.54, 1.807) is 0 Å². The van der Waals surface area contributed by atoms with Crippen LogP contribution in [0.2, 0.25) is 0 Å². The fourth-order valence-electron chi connectivity index (χ4n) is 1.15. The average molecular weight is 179 g/mol. The van der Waals surface area contributed by atoms with Crippen LogP contribution < -0.4 is 10.6 Å². The van der Waals surface area contributed by atoms with Crippen molar-refractivity contribution < 1.29 is 0 Å². The van der Waals surface area contributed by atoms with Gasteiger partial charge in [0.25, 0.3) is 0 Å². The van der Waals surface area contributed by atoms with E-state index in [0.717, 1.165) is 24.7 Å². The summed E-state index contributed by atoms with van der Waals surface area (Å²) < 4.78 is 0. The van der Waals surface area contributed by atoms with Crippen LogP contribution in [0.1, 0.15) is 19.4 Å². The number of nitrogens with one attached hydrogen (secondary N) is 2. The quantitative estimate of drug-likeness (QED) is 0.744. The Balaban J connectivity index is 2.83. The molecule has 0 aromatic carbocycles. The first-order valence-electron chi connectivity index (χ1n) is 4.73. The third-order valence-corrected chi connectivity index (χ3v) is 1.80. The summed E-state index contributed by atoms with van der Waals surface area (Å²) in [6, 6.07) is 4.07. The smallest absolute Gasteiger partial charge is 0.131 e.